The number of anilines is 1. The molecule has 0 saturated carbocycles. The molecule has 2 aromatic heterocycles. The van der Waals surface area contributed by atoms with Crippen LogP contribution in [0.4, 0.5) is 5.69 Å². The predicted octanol–water partition coefficient (Wildman–Crippen LogP) is 3.35. The number of ether oxygens (including phenoxy) is 5. The molecule has 1 aromatic carbocycles. The minimum absolute atomic E-state index is 0.0371. The molecule has 1 fully saturated rings. The lowest BCUT2D eigenvalue weighted by Gasteiger charge is -2.30. The molecule has 3 heterocycles. The maximum atomic E-state index is 14.7. The van der Waals surface area contributed by atoms with Gasteiger partial charge in [0.2, 0.25) is 13.6 Å². The highest BCUT2D eigenvalue weighted by Gasteiger charge is 2.43. The molecule has 1 saturated heterocycles. The van der Waals surface area contributed by atoms with Crippen molar-refractivity contribution in [3.8, 4) is 5.75 Å². The van der Waals surface area contributed by atoms with Crippen LogP contribution >= 0.6 is 7.75 Å². The van der Waals surface area contributed by atoms with Crippen molar-refractivity contribution >= 4 is 48.5 Å². The number of fused-ring (bicyclic) bond motifs is 1. The maximum Gasteiger partial charge on any atom is 0.462 e. The van der Waals surface area contributed by atoms with Crippen molar-refractivity contribution in [3.05, 3.63) is 48.9 Å². The van der Waals surface area contributed by atoms with Crippen molar-refractivity contribution in [1.82, 2.24) is 19.2 Å². The fourth-order valence-electron chi connectivity index (χ4n) is 4.50. The van der Waals surface area contributed by atoms with Crippen LogP contribution in [-0.2, 0) is 52.0 Å². The summed E-state index contributed by atoms with van der Waals surface area (Å²) in [5, 5.41) is 10.9. The van der Waals surface area contributed by atoms with Crippen molar-refractivity contribution in [3.63, 3.8) is 0 Å². The zero-order chi connectivity index (χ0) is 38.3. The van der Waals surface area contributed by atoms with Crippen LogP contribution in [0.15, 0.2) is 48.9 Å². The van der Waals surface area contributed by atoms with E-state index < -0.39 is 94.2 Å². The number of aliphatic hydroxyl groups is 1. The summed E-state index contributed by atoms with van der Waals surface area (Å²) in [5.41, 5.74) is 5.50. The van der Waals surface area contributed by atoms with Gasteiger partial charge in [-0.15, -0.1) is 0 Å². The Morgan fingerprint density at radius 3 is 2.06 bits per heavy atom. The van der Waals surface area contributed by atoms with Crippen LogP contribution in [0.5, 0.6) is 5.75 Å². The van der Waals surface area contributed by atoms with Crippen LogP contribution in [0.1, 0.15) is 54.2 Å². The number of carbonyl (C=O) groups is 4. The van der Waals surface area contributed by atoms with Crippen molar-refractivity contribution in [2.75, 3.05) is 39.0 Å². The third-order valence-electron chi connectivity index (χ3n) is 7.39. The number of esters is 4. The summed E-state index contributed by atoms with van der Waals surface area (Å²) in [4.78, 5) is 58.9. The monoisotopic (exact) mass is 749 g/mol. The smallest absolute Gasteiger partial charge is 0.427 e. The van der Waals surface area contributed by atoms with Crippen LogP contribution in [0, 0.1) is 10.8 Å². The molecule has 1 aliphatic heterocycles. The highest BCUT2D eigenvalue weighted by Crippen LogP contribution is 2.52. The summed E-state index contributed by atoms with van der Waals surface area (Å²) in [6.45, 7) is 5.77. The van der Waals surface area contributed by atoms with E-state index in [4.69, 9.17) is 38.5 Å². The van der Waals surface area contributed by atoms with E-state index in [9.17, 15) is 28.8 Å². The average Bonchev–Trinajstić information content (AvgIpc) is 3.67. The van der Waals surface area contributed by atoms with E-state index >= 15 is 0 Å². The molecule has 19 heteroatoms. The molecule has 18 nitrogen and oxygen atoms in total. The molecule has 3 aromatic rings. The number of aromatic nitrogens is 3. The lowest BCUT2D eigenvalue weighted by Crippen LogP contribution is -2.38. The van der Waals surface area contributed by atoms with Crippen LogP contribution in [-0.4, -0.2) is 93.7 Å². The van der Waals surface area contributed by atoms with E-state index in [2.05, 4.69) is 9.97 Å². The molecule has 0 aliphatic carbocycles. The number of hydrogen-bond donors (Lipinski definition) is 2. The van der Waals surface area contributed by atoms with E-state index in [0.29, 0.717) is 16.9 Å². The van der Waals surface area contributed by atoms with Crippen LogP contribution in [0.3, 0.4) is 0 Å². The second-order valence-corrected chi connectivity index (χ2v) is 15.7. The Hall–Kier alpha value is -4.61. The second-order valence-electron chi connectivity index (χ2n) is 13.8. The zero-order valence-electron chi connectivity index (χ0n) is 29.8. The number of aliphatic hydroxyl groups excluding tert-OH is 1. The first-order chi connectivity index (χ1) is 24.4. The number of nitrogen functional groups attached to an aromatic ring is 1. The van der Waals surface area contributed by atoms with E-state index in [1.54, 1.807) is 70.4 Å². The highest BCUT2D eigenvalue weighted by molar-refractivity contribution is 7.51. The van der Waals surface area contributed by atoms with Gasteiger partial charge < -0.3 is 39.0 Å². The molecular formula is C33H44N5O13P. The van der Waals surface area contributed by atoms with Crippen LogP contribution < -0.4 is 10.3 Å². The Morgan fingerprint density at radius 2 is 1.50 bits per heavy atom. The molecular weight excluding hydrogens is 705 g/mol. The first kappa shape index (κ1) is 40.2. The number of carbonyl (C=O) groups excluding carboxylic acids is 4. The molecule has 0 spiro atoms. The maximum absolute atomic E-state index is 14.7. The number of pyridine rings is 1. The average molecular weight is 750 g/mol. The number of nitrogens with two attached hydrogens (primary N) is 1. The number of benzene rings is 1. The Balaban J connectivity index is 1.54. The molecule has 0 bridgehead atoms. The van der Waals surface area contributed by atoms with Crippen molar-refractivity contribution in [2.24, 2.45) is 10.8 Å². The summed E-state index contributed by atoms with van der Waals surface area (Å²) in [5.74, 6) is -3.42. The molecule has 3 N–H and O–H groups in total. The molecule has 4 atom stereocenters. The van der Waals surface area contributed by atoms with Gasteiger partial charge in [-0.05, 0) is 59.7 Å². The standard InChI is InChI=1S/C33H44N5O13P/c1-32(2,3)30(42)47-19-45-26(40)15-37(16-27(41)46-20-48-31(43)33(4,5)6)52(44,51-21-10-8-7-9-11-21)49-17-24-23(39)14-25(50-24)38-18-36-28-22(34)12-13-35-29(28)38/h7-13,18,23-25,39H,14-17,19-20H2,1-6H3,(H2,34,35)/t23-,24+,25+,52?/m0/s1. The number of hydrogen-bond acceptors (Lipinski definition) is 16. The quantitative estimate of drug-likeness (QED) is 0.129. The summed E-state index contributed by atoms with van der Waals surface area (Å²) in [6.07, 6.45) is 0.0759. The Morgan fingerprint density at radius 1 is 0.923 bits per heavy atom. The molecule has 1 aliphatic rings. The van der Waals surface area contributed by atoms with Crippen molar-refractivity contribution in [1.29, 1.82) is 0 Å². The molecule has 4 rings (SSSR count). The minimum atomic E-state index is -4.74. The van der Waals surface area contributed by atoms with Crippen LogP contribution in [0.2, 0.25) is 0 Å². The molecule has 52 heavy (non-hydrogen) atoms. The molecule has 1 unspecified atom stereocenters. The molecule has 284 valence electrons. The van der Waals surface area contributed by atoms with Crippen molar-refractivity contribution in [2.45, 2.75) is 66.4 Å². The topological polar surface area (TPSA) is 230 Å². The second kappa shape index (κ2) is 16.8. The number of para-hydroxylation sites is 1. The largest absolute Gasteiger partial charge is 0.462 e. The van der Waals surface area contributed by atoms with Gasteiger partial charge in [0.05, 0.1) is 35.6 Å². The molecule has 0 amide bonds. The van der Waals surface area contributed by atoms with E-state index in [1.807, 2.05) is 0 Å². The predicted molar refractivity (Wildman–Crippen MR) is 182 cm³/mol. The lowest BCUT2D eigenvalue weighted by molar-refractivity contribution is -0.173. The minimum Gasteiger partial charge on any atom is -0.427 e. The van der Waals surface area contributed by atoms with E-state index in [1.165, 1.54) is 24.7 Å². The Labute approximate surface area is 300 Å². The summed E-state index contributed by atoms with van der Waals surface area (Å²) in [6, 6.07) is 9.37. The Kier molecular flexibility index (Phi) is 13.0. The fraction of sp³-hybridized carbons (Fsp3) is 0.515. The highest BCUT2D eigenvalue weighted by atomic mass is 31.2. The van der Waals surface area contributed by atoms with Crippen molar-refractivity contribution < 1.29 is 61.6 Å². The normalized spacial score (nSPS) is 18.8. The van der Waals surface area contributed by atoms with Gasteiger partial charge in [0, 0.05) is 12.6 Å². The zero-order valence-corrected chi connectivity index (χ0v) is 30.6. The van der Waals surface area contributed by atoms with Gasteiger partial charge in [0.15, 0.2) is 5.65 Å². The van der Waals surface area contributed by atoms with Crippen LogP contribution in [0.25, 0.3) is 11.2 Å². The first-order valence-corrected chi connectivity index (χ1v) is 17.7. The van der Waals surface area contributed by atoms with Gasteiger partial charge in [-0.3, -0.25) is 28.3 Å². The van der Waals surface area contributed by atoms with E-state index in [0.717, 1.165) is 4.67 Å². The molecule has 0 radical (unpaired) electrons. The SMILES string of the molecule is CC(C)(C)C(=O)OCOC(=O)CN(CC(=O)OCOC(=O)C(C)(C)C)P(=O)(OC[C@H]1O[C@@H](n2cnc3c(N)ccnc32)C[C@@H]1O)Oc1ccccc1. The summed E-state index contributed by atoms with van der Waals surface area (Å²) < 4.78 is 54.8. The van der Waals surface area contributed by atoms with Gasteiger partial charge in [-0.1, -0.05) is 18.2 Å². The third kappa shape index (κ3) is 10.7. The Bertz CT molecular complexity index is 1730. The van der Waals surface area contributed by atoms with Gasteiger partial charge in [0.25, 0.3) is 0 Å². The number of rotatable bonds is 15. The van der Waals surface area contributed by atoms with Gasteiger partial charge in [0.1, 0.15) is 36.7 Å². The fourth-order valence-corrected chi connectivity index (χ4v) is 6.13. The van der Waals surface area contributed by atoms with Gasteiger partial charge in [-0.2, -0.15) is 4.67 Å². The summed E-state index contributed by atoms with van der Waals surface area (Å²) >= 11 is 0. The lowest BCUT2D eigenvalue weighted by atomic mass is 9.97. The number of imidazole rings is 1. The third-order valence-corrected chi connectivity index (χ3v) is 9.28. The van der Waals surface area contributed by atoms with E-state index in [-0.39, 0.29) is 12.2 Å². The summed E-state index contributed by atoms with van der Waals surface area (Å²) in [7, 11) is -4.74. The van der Waals surface area contributed by atoms with Gasteiger partial charge in [-0.25, -0.2) is 14.5 Å². The first-order valence-electron chi connectivity index (χ1n) is 16.2. The number of nitrogens with zero attached hydrogens (tertiary/aromatic N) is 4. The van der Waals surface area contributed by atoms with Gasteiger partial charge >= 0.3 is 31.6 Å².